The Kier molecular flexibility index (Phi) is 4.93. The number of carbonyl (C=O) groups excluding carboxylic acids is 1. The van der Waals surface area contributed by atoms with Gasteiger partial charge in [0, 0.05) is 22.8 Å². The Balaban J connectivity index is 1.37. The smallest absolute Gasteiger partial charge is 0.270 e. The molecule has 0 aliphatic rings. The molecule has 8 nitrogen and oxygen atoms in total. The standard InChI is InChI=1S/C24H19N7O/c25-21-22(29-20-12-4-11-19-18(20)10-5-13-26-19)27-14-28-23(21)30-31-24(32)17-9-3-7-15-6-1-2-8-16(15)17/h1-14H,25H2,(H,31,32)(H2,27,28,29,30). The van der Waals surface area contributed by atoms with Crippen LogP contribution >= 0.6 is 0 Å². The molecule has 156 valence electrons. The van der Waals surface area contributed by atoms with Crippen molar-refractivity contribution >= 4 is 50.6 Å². The van der Waals surface area contributed by atoms with E-state index in [4.69, 9.17) is 5.73 Å². The summed E-state index contributed by atoms with van der Waals surface area (Å²) < 4.78 is 0. The van der Waals surface area contributed by atoms with Crippen LogP contribution in [0.5, 0.6) is 0 Å². The number of nitrogens with two attached hydrogens (primary N) is 1. The molecule has 0 spiro atoms. The minimum atomic E-state index is -0.297. The number of anilines is 4. The second kappa shape index (κ2) is 8.19. The first kappa shape index (κ1) is 19.3. The summed E-state index contributed by atoms with van der Waals surface area (Å²) in [6.07, 6.45) is 3.11. The van der Waals surface area contributed by atoms with Crippen LogP contribution in [0, 0.1) is 0 Å². The van der Waals surface area contributed by atoms with Crippen molar-refractivity contribution in [1.29, 1.82) is 0 Å². The van der Waals surface area contributed by atoms with Crippen molar-refractivity contribution in [3.63, 3.8) is 0 Å². The zero-order valence-corrected chi connectivity index (χ0v) is 16.9. The number of aromatic nitrogens is 3. The van der Waals surface area contributed by atoms with Crippen molar-refractivity contribution in [3.8, 4) is 0 Å². The van der Waals surface area contributed by atoms with Crippen molar-refractivity contribution in [2.45, 2.75) is 0 Å². The van der Waals surface area contributed by atoms with Crippen LogP contribution < -0.4 is 21.9 Å². The van der Waals surface area contributed by atoms with Gasteiger partial charge in [0.15, 0.2) is 11.6 Å². The monoisotopic (exact) mass is 421 g/mol. The number of benzene rings is 3. The maximum atomic E-state index is 12.8. The molecule has 5 N–H and O–H groups in total. The molecule has 0 aliphatic heterocycles. The van der Waals surface area contributed by atoms with Crippen LogP contribution in [-0.4, -0.2) is 20.9 Å². The van der Waals surface area contributed by atoms with E-state index in [1.807, 2.05) is 66.7 Å². The normalized spacial score (nSPS) is 10.8. The van der Waals surface area contributed by atoms with Gasteiger partial charge in [0.2, 0.25) is 0 Å². The number of amides is 1. The Morgan fingerprint density at radius 2 is 1.56 bits per heavy atom. The summed E-state index contributed by atoms with van der Waals surface area (Å²) >= 11 is 0. The number of hydrogen-bond donors (Lipinski definition) is 4. The maximum Gasteiger partial charge on any atom is 0.270 e. The highest BCUT2D eigenvalue weighted by Gasteiger charge is 2.13. The second-order valence-corrected chi connectivity index (χ2v) is 7.09. The van der Waals surface area contributed by atoms with Gasteiger partial charge >= 0.3 is 0 Å². The van der Waals surface area contributed by atoms with Crippen LogP contribution in [0.1, 0.15) is 10.4 Å². The highest BCUT2D eigenvalue weighted by atomic mass is 16.2. The molecule has 0 bridgehead atoms. The van der Waals surface area contributed by atoms with Crippen molar-refractivity contribution in [2.75, 3.05) is 16.5 Å². The lowest BCUT2D eigenvalue weighted by Crippen LogP contribution is -2.30. The Hall–Kier alpha value is -4.72. The molecular formula is C24H19N7O. The van der Waals surface area contributed by atoms with Crippen molar-refractivity contribution in [3.05, 3.63) is 90.9 Å². The van der Waals surface area contributed by atoms with Gasteiger partial charge in [-0.1, -0.05) is 42.5 Å². The summed E-state index contributed by atoms with van der Waals surface area (Å²) in [5, 5.41) is 6.01. The number of hydrogen-bond acceptors (Lipinski definition) is 7. The summed E-state index contributed by atoms with van der Waals surface area (Å²) in [5.41, 5.74) is 14.2. The third kappa shape index (κ3) is 3.61. The van der Waals surface area contributed by atoms with Gasteiger partial charge in [-0.2, -0.15) is 0 Å². The largest absolute Gasteiger partial charge is 0.393 e. The Morgan fingerprint density at radius 1 is 0.781 bits per heavy atom. The molecule has 8 heteroatoms. The number of nitrogens with one attached hydrogen (secondary N) is 3. The molecule has 0 unspecified atom stereocenters. The predicted molar refractivity (Wildman–Crippen MR) is 127 cm³/mol. The van der Waals surface area contributed by atoms with E-state index in [-0.39, 0.29) is 17.4 Å². The van der Waals surface area contributed by atoms with Crippen LogP contribution in [0.4, 0.5) is 23.0 Å². The molecule has 0 radical (unpaired) electrons. The number of carbonyl (C=O) groups is 1. The molecule has 5 aromatic rings. The minimum Gasteiger partial charge on any atom is -0.393 e. The summed E-state index contributed by atoms with van der Waals surface area (Å²) in [4.78, 5) is 25.5. The highest BCUT2D eigenvalue weighted by Crippen LogP contribution is 2.29. The lowest BCUT2D eigenvalue weighted by molar-refractivity contribution is 0.0964. The fourth-order valence-corrected chi connectivity index (χ4v) is 3.54. The molecule has 1 amide bonds. The lowest BCUT2D eigenvalue weighted by Gasteiger charge is -2.14. The van der Waals surface area contributed by atoms with Gasteiger partial charge in [0.05, 0.1) is 5.52 Å². The van der Waals surface area contributed by atoms with Gasteiger partial charge in [0.1, 0.15) is 12.0 Å². The molecule has 32 heavy (non-hydrogen) atoms. The average Bonchev–Trinajstić information content (AvgIpc) is 2.84. The van der Waals surface area contributed by atoms with Crippen LogP contribution in [0.3, 0.4) is 0 Å². The second-order valence-electron chi connectivity index (χ2n) is 7.09. The van der Waals surface area contributed by atoms with E-state index >= 15 is 0 Å². The van der Waals surface area contributed by atoms with E-state index in [9.17, 15) is 4.79 Å². The lowest BCUT2D eigenvalue weighted by atomic mass is 10.0. The van der Waals surface area contributed by atoms with Gasteiger partial charge in [-0.3, -0.25) is 20.6 Å². The quantitative estimate of drug-likeness (QED) is 0.313. The average molecular weight is 421 g/mol. The minimum absolute atomic E-state index is 0.270. The summed E-state index contributed by atoms with van der Waals surface area (Å²) in [7, 11) is 0. The van der Waals surface area contributed by atoms with E-state index in [1.165, 1.54) is 6.33 Å². The van der Waals surface area contributed by atoms with E-state index in [0.717, 1.165) is 27.4 Å². The number of pyridine rings is 1. The molecular weight excluding hydrogens is 402 g/mol. The fourth-order valence-electron chi connectivity index (χ4n) is 3.54. The first-order valence-corrected chi connectivity index (χ1v) is 9.96. The van der Waals surface area contributed by atoms with Gasteiger partial charge in [-0.25, -0.2) is 9.97 Å². The third-order valence-corrected chi connectivity index (χ3v) is 5.11. The molecule has 0 atom stereocenters. The first-order chi connectivity index (χ1) is 15.7. The van der Waals surface area contributed by atoms with E-state index < -0.39 is 0 Å². The SMILES string of the molecule is Nc1c(NNC(=O)c2cccc3ccccc23)ncnc1Nc1cccc2ncccc12. The molecule has 0 saturated carbocycles. The maximum absolute atomic E-state index is 12.8. The van der Waals surface area contributed by atoms with Crippen molar-refractivity contribution in [1.82, 2.24) is 20.4 Å². The van der Waals surface area contributed by atoms with Gasteiger partial charge in [-0.15, -0.1) is 0 Å². The topological polar surface area (TPSA) is 118 Å². The molecule has 0 fully saturated rings. The molecule has 0 saturated heterocycles. The summed E-state index contributed by atoms with van der Waals surface area (Å²) in [5.74, 6) is 0.405. The zero-order chi connectivity index (χ0) is 21.9. The molecule has 5 rings (SSSR count). The van der Waals surface area contributed by atoms with Crippen LogP contribution in [0.25, 0.3) is 21.7 Å². The van der Waals surface area contributed by atoms with Gasteiger partial charge in [0.25, 0.3) is 5.91 Å². The number of hydrazine groups is 1. The number of nitrogens with zero attached hydrogens (tertiary/aromatic N) is 3. The summed E-state index contributed by atoms with van der Waals surface area (Å²) in [6, 6.07) is 22.9. The fraction of sp³-hybridized carbons (Fsp3) is 0. The number of nitrogen functional groups attached to an aromatic ring is 1. The van der Waals surface area contributed by atoms with E-state index in [0.29, 0.717) is 11.4 Å². The van der Waals surface area contributed by atoms with Crippen molar-refractivity contribution < 1.29 is 4.79 Å². The zero-order valence-electron chi connectivity index (χ0n) is 16.9. The Morgan fingerprint density at radius 3 is 2.50 bits per heavy atom. The Labute approximate surface area is 183 Å². The Bertz CT molecular complexity index is 1440. The molecule has 2 aromatic heterocycles. The molecule has 3 aromatic carbocycles. The van der Waals surface area contributed by atoms with Crippen LogP contribution in [0.2, 0.25) is 0 Å². The van der Waals surface area contributed by atoms with Gasteiger partial charge < -0.3 is 11.1 Å². The third-order valence-electron chi connectivity index (χ3n) is 5.11. The molecule has 2 heterocycles. The number of fused-ring (bicyclic) bond motifs is 2. The van der Waals surface area contributed by atoms with Crippen LogP contribution in [0.15, 0.2) is 85.3 Å². The molecule has 0 aliphatic carbocycles. The van der Waals surface area contributed by atoms with Crippen LogP contribution in [-0.2, 0) is 0 Å². The first-order valence-electron chi connectivity index (χ1n) is 9.96. The number of rotatable bonds is 5. The predicted octanol–water partition coefficient (Wildman–Crippen LogP) is 4.26. The van der Waals surface area contributed by atoms with Crippen molar-refractivity contribution in [2.24, 2.45) is 0 Å². The van der Waals surface area contributed by atoms with E-state index in [1.54, 1.807) is 12.3 Å². The van der Waals surface area contributed by atoms with E-state index in [2.05, 4.69) is 31.1 Å². The summed E-state index contributed by atoms with van der Waals surface area (Å²) in [6.45, 7) is 0. The highest BCUT2D eigenvalue weighted by molar-refractivity contribution is 6.07. The van der Waals surface area contributed by atoms with Gasteiger partial charge in [-0.05, 0) is 41.1 Å².